The Kier molecular flexibility index (Phi) is 8.30. The standard InChI is InChI=1S/C23H29N7O2/c1-4-24-23(26-14-11-17-8-7-9-18(16-17)22(31)30(2)3)27-15-12-20-28-21(32-29-20)19-10-5-6-13-25-19/h5-10,13,16H,4,11-12,14-15H2,1-3H3,(H2,24,26,27). The number of nitrogens with zero attached hydrogens (tertiary/aromatic N) is 5. The summed E-state index contributed by atoms with van der Waals surface area (Å²) in [5.41, 5.74) is 2.44. The van der Waals surface area contributed by atoms with E-state index in [1.807, 2.05) is 49.4 Å². The van der Waals surface area contributed by atoms with Crippen molar-refractivity contribution in [3.8, 4) is 11.6 Å². The van der Waals surface area contributed by atoms with Crippen LogP contribution in [0.2, 0.25) is 0 Å². The van der Waals surface area contributed by atoms with Crippen LogP contribution in [0.1, 0.15) is 28.7 Å². The van der Waals surface area contributed by atoms with Gasteiger partial charge in [-0.1, -0.05) is 23.4 Å². The molecule has 2 aromatic heterocycles. The maximum absolute atomic E-state index is 12.1. The van der Waals surface area contributed by atoms with Gasteiger partial charge in [-0.3, -0.25) is 14.8 Å². The zero-order chi connectivity index (χ0) is 22.8. The topological polar surface area (TPSA) is 109 Å². The van der Waals surface area contributed by atoms with Crippen LogP contribution in [0.25, 0.3) is 11.6 Å². The third kappa shape index (κ3) is 6.63. The number of amides is 1. The molecule has 0 bridgehead atoms. The van der Waals surface area contributed by atoms with E-state index >= 15 is 0 Å². The van der Waals surface area contributed by atoms with Gasteiger partial charge < -0.3 is 20.1 Å². The van der Waals surface area contributed by atoms with E-state index in [9.17, 15) is 4.79 Å². The second-order valence-corrected chi connectivity index (χ2v) is 7.32. The van der Waals surface area contributed by atoms with Crippen molar-refractivity contribution in [2.75, 3.05) is 33.7 Å². The van der Waals surface area contributed by atoms with E-state index in [0.29, 0.717) is 42.5 Å². The Bertz CT molecular complexity index is 1030. The normalized spacial score (nSPS) is 11.3. The zero-order valence-electron chi connectivity index (χ0n) is 18.7. The first kappa shape index (κ1) is 22.9. The molecule has 0 saturated heterocycles. The molecule has 0 aliphatic carbocycles. The Balaban J connectivity index is 1.51. The minimum atomic E-state index is 0.00220. The number of aromatic nitrogens is 3. The Hall–Kier alpha value is -3.75. The predicted octanol–water partition coefficient (Wildman–Crippen LogP) is 2.17. The minimum absolute atomic E-state index is 0.00220. The maximum Gasteiger partial charge on any atom is 0.276 e. The number of rotatable bonds is 9. The lowest BCUT2D eigenvalue weighted by atomic mass is 10.1. The lowest BCUT2D eigenvalue weighted by Crippen LogP contribution is -2.38. The summed E-state index contributed by atoms with van der Waals surface area (Å²) in [7, 11) is 3.51. The van der Waals surface area contributed by atoms with E-state index in [4.69, 9.17) is 4.52 Å². The molecular formula is C23H29N7O2. The van der Waals surface area contributed by atoms with Crippen molar-refractivity contribution in [1.82, 2.24) is 30.7 Å². The van der Waals surface area contributed by atoms with Gasteiger partial charge in [0.05, 0.1) is 0 Å². The third-order valence-electron chi connectivity index (χ3n) is 4.59. The van der Waals surface area contributed by atoms with Crippen molar-refractivity contribution in [1.29, 1.82) is 0 Å². The van der Waals surface area contributed by atoms with Gasteiger partial charge in [-0.15, -0.1) is 0 Å². The van der Waals surface area contributed by atoms with Crippen LogP contribution in [0.5, 0.6) is 0 Å². The van der Waals surface area contributed by atoms with Gasteiger partial charge in [-0.05, 0) is 43.2 Å². The molecule has 0 aliphatic rings. The Morgan fingerprint density at radius 1 is 1.12 bits per heavy atom. The van der Waals surface area contributed by atoms with E-state index in [0.717, 1.165) is 24.5 Å². The highest BCUT2D eigenvalue weighted by Gasteiger charge is 2.10. The number of nitrogens with one attached hydrogen (secondary N) is 2. The number of pyridine rings is 1. The van der Waals surface area contributed by atoms with Crippen molar-refractivity contribution in [2.24, 2.45) is 4.99 Å². The molecule has 1 amide bonds. The molecule has 32 heavy (non-hydrogen) atoms. The lowest BCUT2D eigenvalue weighted by Gasteiger charge is -2.13. The van der Waals surface area contributed by atoms with E-state index in [1.165, 1.54) is 0 Å². The summed E-state index contributed by atoms with van der Waals surface area (Å²) < 4.78 is 5.28. The molecule has 1 aromatic carbocycles. The Labute approximate surface area is 188 Å². The molecule has 0 radical (unpaired) electrons. The van der Waals surface area contributed by atoms with Crippen LogP contribution in [-0.4, -0.2) is 65.6 Å². The van der Waals surface area contributed by atoms with Crippen molar-refractivity contribution in [3.63, 3.8) is 0 Å². The highest BCUT2D eigenvalue weighted by atomic mass is 16.5. The molecule has 9 heteroatoms. The van der Waals surface area contributed by atoms with Crippen molar-refractivity contribution < 1.29 is 9.32 Å². The first-order chi connectivity index (χ1) is 15.6. The monoisotopic (exact) mass is 435 g/mol. The summed E-state index contributed by atoms with van der Waals surface area (Å²) in [4.78, 5) is 26.9. The van der Waals surface area contributed by atoms with E-state index in [2.05, 4.69) is 30.8 Å². The number of carbonyl (C=O) groups excluding carboxylic acids is 1. The number of carbonyl (C=O) groups is 1. The van der Waals surface area contributed by atoms with Gasteiger partial charge in [-0.2, -0.15) is 4.98 Å². The second kappa shape index (κ2) is 11.6. The average Bonchev–Trinajstić information content (AvgIpc) is 3.28. The summed E-state index contributed by atoms with van der Waals surface area (Å²) in [5, 5.41) is 10.6. The van der Waals surface area contributed by atoms with Gasteiger partial charge in [0.15, 0.2) is 11.8 Å². The molecule has 0 spiro atoms. The SMILES string of the molecule is CCNC(=NCCc1noc(-c2ccccn2)n1)NCCc1cccc(C(=O)N(C)C)c1. The molecule has 0 atom stereocenters. The van der Waals surface area contributed by atoms with Crippen LogP contribution in [-0.2, 0) is 12.8 Å². The van der Waals surface area contributed by atoms with Gasteiger partial charge in [0.2, 0.25) is 0 Å². The fraction of sp³-hybridized carbons (Fsp3) is 0.348. The van der Waals surface area contributed by atoms with Gasteiger partial charge >= 0.3 is 0 Å². The summed E-state index contributed by atoms with van der Waals surface area (Å²) in [6, 6.07) is 13.2. The van der Waals surface area contributed by atoms with E-state index in [-0.39, 0.29) is 5.91 Å². The molecule has 168 valence electrons. The summed E-state index contributed by atoms with van der Waals surface area (Å²) in [5.74, 6) is 1.72. The number of hydrogen-bond donors (Lipinski definition) is 2. The first-order valence-electron chi connectivity index (χ1n) is 10.6. The summed E-state index contributed by atoms with van der Waals surface area (Å²) in [6.45, 7) is 3.98. The van der Waals surface area contributed by atoms with Crippen LogP contribution in [0.15, 0.2) is 58.2 Å². The van der Waals surface area contributed by atoms with Crippen LogP contribution in [0, 0.1) is 0 Å². The largest absolute Gasteiger partial charge is 0.357 e. The average molecular weight is 436 g/mol. The summed E-state index contributed by atoms with van der Waals surface area (Å²) >= 11 is 0. The molecular weight excluding hydrogens is 406 g/mol. The fourth-order valence-electron chi connectivity index (χ4n) is 3.00. The molecule has 0 unspecified atom stereocenters. The first-order valence-corrected chi connectivity index (χ1v) is 10.6. The number of guanidine groups is 1. The molecule has 0 saturated carbocycles. The van der Waals surface area contributed by atoms with Gasteiger partial charge in [-0.25, -0.2) is 0 Å². The van der Waals surface area contributed by atoms with Gasteiger partial charge in [0.1, 0.15) is 5.69 Å². The number of benzene rings is 1. The maximum atomic E-state index is 12.1. The minimum Gasteiger partial charge on any atom is -0.357 e. The molecule has 2 N–H and O–H groups in total. The molecule has 3 aromatic rings. The second-order valence-electron chi connectivity index (χ2n) is 7.32. The highest BCUT2D eigenvalue weighted by molar-refractivity contribution is 5.94. The Morgan fingerprint density at radius 3 is 2.75 bits per heavy atom. The molecule has 9 nitrogen and oxygen atoms in total. The van der Waals surface area contributed by atoms with Gasteiger partial charge in [0, 0.05) is 51.9 Å². The third-order valence-corrected chi connectivity index (χ3v) is 4.59. The quantitative estimate of drug-likeness (QED) is 0.392. The van der Waals surface area contributed by atoms with Crippen molar-refractivity contribution in [2.45, 2.75) is 19.8 Å². The molecule has 0 aliphatic heterocycles. The number of hydrogen-bond acceptors (Lipinski definition) is 6. The fourth-order valence-corrected chi connectivity index (χ4v) is 3.00. The number of aliphatic imine (C=N–C) groups is 1. The van der Waals surface area contributed by atoms with Crippen LogP contribution in [0.4, 0.5) is 0 Å². The van der Waals surface area contributed by atoms with Crippen LogP contribution < -0.4 is 10.6 Å². The highest BCUT2D eigenvalue weighted by Crippen LogP contribution is 2.13. The molecule has 0 fully saturated rings. The summed E-state index contributed by atoms with van der Waals surface area (Å²) in [6.07, 6.45) is 3.02. The van der Waals surface area contributed by atoms with E-state index in [1.54, 1.807) is 25.2 Å². The van der Waals surface area contributed by atoms with Crippen molar-refractivity contribution in [3.05, 3.63) is 65.6 Å². The van der Waals surface area contributed by atoms with Crippen LogP contribution >= 0.6 is 0 Å². The van der Waals surface area contributed by atoms with Crippen LogP contribution in [0.3, 0.4) is 0 Å². The molecule has 3 rings (SSSR count). The van der Waals surface area contributed by atoms with Gasteiger partial charge in [0.25, 0.3) is 11.8 Å². The predicted molar refractivity (Wildman–Crippen MR) is 123 cm³/mol. The lowest BCUT2D eigenvalue weighted by molar-refractivity contribution is 0.0827. The van der Waals surface area contributed by atoms with E-state index < -0.39 is 0 Å². The van der Waals surface area contributed by atoms with Crippen molar-refractivity contribution >= 4 is 11.9 Å². The zero-order valence-corrected chi connectivity index (χ0v) is 18.7. The Morgan fingerprint density at radius 2 is 2.00 bits per heavy atom. The smallest absolute Gasteiger partial charge is 0.276 e. The molecule has 2 heterocycles.